The molecule has 32 heavy (non-hydrogen) atoms. The highest BCUT2D eigenvalue weighted by atomic mass is 16.5. The van der Waals surface area contributed by atoms with Crippen LogP contribution in [0.4, 0.5) is 17.1 Å². The van der Waals surface area contributed by atoms with Gasteiger partial charge in [0.25, 0.3) is 0 Å². The van der Waals surface area contributed by atoms with Gasteiger partial charge in [0.2, 0.25) is 0 Å². The average molecular weight is 422 g/mol. The van der Waals surface area contributed by atoms with Crippen LogP contribution in [0.25, 0.3) is 10.8 Å². The second-order valence-electron chi connectivity index (χ2n) is 10.3. The van der Waals surface area contributed by atoms with Crippen molar-refractivity contribution in [1.29, 1.82) is 0 Å². The Bertz CT molecular complexity index is 1350. The molecule has 1 aliphatic heterocycles. The molecular weight excluding hydrogens is 390 g/mol. The minimum absolute atomic E-state index is 0.107. The summed E-state index contributed by atoms with van der Waals surface area (Å²) in [5, 5.41) is 2.44. The molecule has 162 valence electrons. The van der Waals surface area contributed by atoms with E-state index in [0.29, 0.717) is 0 Å². The van der Waals surface area contributed by atoms with Crippen molar-refractivity contribution in [3.8, 4) is 11.5 Å². The maximum atomic E-state index is 6.46. The molecule has 0 bridgehead atoms. The van der Waals surface area contributed by atoms with Crippen molar-refractivity contribution in [2.75, 3.05) is 4.90 Å². The van der Waals surface area contributed by atoms with E-state index in [4.69, 9.17) is 4.74 Å². The predicted molar refractivity (Wildman–Crippen MR) is 136 cm³/mol. The fraction of sp³-hybridized carbons (Fsp3) is 0.267. The second kappa shape index (κ2) is 7.13. The molecule has 1 heterocycles. The smallest absolute Gasteiger partial charge is 0.152 e. The molecule has 0 amide bonds. The van der Waals surface area contributed by atoms with Gasteiger partial charge in [-0.3, -0.25) is 0 Å². The Morgan fingerprint density at radius 1 is 0.656 bits per heavy atom. The summed E-state index contributed by atoms with van der Waals surface area (Å²) in [5.74, 6) is 1.81. The van der Waals surface area contributed by atoms with E-state index in [9.17, 15) is 0 Å². The van der Waals surface area contributed by atoms with Crippen molar-refractivity contribution in [2.24, 2.45) is 0 Å². The Labute approximate surface area is 191 Å². The lowest BCUT2D eigenvalue weighted by Gasteiger charge is -2.36. The Morgan fingerprint density at radius 3 is 2.00 bits per heavy atom. The van der Waals surface area contributed by atoms with E-state index in [-0.39, 0.29) is 5.41 Å². The molecule has 0 saturated carbocycles. The van der Waals surface area contributed by atoms with Crippen LogP contribution in [-0.2, 0) is 5.41 Å². The van der Waals surface area contributed by atoms with Crippen molar-refractivity contribution >= 4 is 27.8 Å². The first-order chi connectivity index (χ1) is 15.1. The van der Waals surface area contributed by atoms with Crippen LogP contribution in [0.5, 0.6) is 11.5 Å². The fourth-order valence-corrected chi connectivity index (χ4v) is 4.83. The average Bonchev–Trinajstić information content (AvgIpc) is 2.71. The highest BCUT2D eigenvalue weighted by Gasteiger charge is 2.30. The Morgan fingerprint density at radius 2 is 1.31 bits per heavy atom. The van der Waals surface area contributed by atoms with Crippen LogP contribution in [0.3, 0.4) is 0 Å². The van der Waals surface area contributed by atoms with Crippen LogP contribution in [0.2, 0.25) is 0 Å². The van der Waals surface area contributed by atoms with E-state index in [1.54, 1.807) is 0 Å². The SMILES string of the molecule is Cc1ccc2c(c1)Oc1ccc3cc(C)ccc3c1N2c1c(C)cc(C(C)(C)C)cc1C. The van der Waals surface area contributed by atoms with E-state index in [1.165, 1.54) is 44.3 Å². The molecular formula is C30H31NO. The van der Waals surface area contributed by atoms with Crippen LogP contribution in [0.1, 0.15) is 48.6 Å². The first kappa shape index (κ1) is 20.6. The first-order valence-electron chi connectivity index (χ1n) is 11.4. The van der Waals surface area contributed by atoms with Gasteiger partial charge in [-0.05, 0) is 78.9 Å². The van der Waals surface area contributed by atoms with Gasteiger partial charge in [-0.25, -0.2) is 0 Å². The van der Waals surface area contributed by atoms with Gasteiger partial charge in [-0.2, -0.15) is 0 Å². The molecule has 4 aromatic carbocycles. The summed E-state index contributed by atoms with van der Waals surface area (Å²) in [7, 11) is 0. The number of benzene rings is 4. The molecule has 0 N–H and O–H groups in total. The quantitative estimate of drug-likeness (QED) is 0.268. The molecule has 0 saturated heterocycles. The minimum Gasteiger partial charge on any atom is -0.453 e. The first-order valence-corrected chi connectivity index (χ1v) is 11.4. The molecule has 2 nitrogen and oxygen atoms in total. The molecule has 0 spiro atoms. The number of rotatable bonds is 1. The topological polar surface area (TPSA) is 12.5 Å². The molecule has 2 heteroatoms. The molecule has 4 aromatic rings. The standard InChI is InChI=1S/C30H31NO/c1-18-8-11-24-22(14-18)10-13-26-29(24)31(25-12-9-19(2)15-27(25)32-26)28-20(3)16-23(17-21(28)4)30(5,6)7/h8-17H,1-7H3. The molecule has 0 unspecified atom stereocenters. The largest absolute Gasteiger partial charge is 0.453 e. The van der Waals surface area contributed by atoms with Crippen LogP contribution >= 0.6 is 0 Å². The Hall–Kier alpha value is -3.26. The number of hydrogen-bond acceptors (Lipinski definition) is 2. The molecule has 0 aromatic heterocycles. The van der Waals surface area contributed by atoms with Crippen molar-refractivity contribution in [3.63, 3.8) is 0 Å². The molecule has 5 rings (SSSR count). The van der Waals surface area contributed by atoms with E-state index in [0.717, 1.165) is 22.9 Å². The lowest BCUT2D eigenvalue weighted by molar-refractivity contribution is 0.477. The lowest BCUT2D eigenvalue weighted by atomic mass is 9.84. The highest BCUT2D eigenvalue weighted by molar-refractivity contribution is 6.04. The van der Waals surface area contributed by atoms with Gasteiger partial charge in [0, 0.05) is 5.39 Å². The maximum absolute atomic E-state index is 6.46. The third kappa shape index (κ3) is 3.26. The summed E-state index contributed by atoms with van der Waals surface area (Å²) in [6, 6.07) is 22.1. The summed E-state index contributed by atoms with van der Waals surface area (Å²) in [6.07, 6.45) is 0. The van der Waals surface area contributed by atoms with Crippen molar-refractivity contribution in [3.05, 3.63) is 88.5 Å². The zero-order chi connectivity index (χ0) is 22.8. The number of fused-ring (bicyclic) bond motifs is 4. The van der Waals surface area contributed by atoms with Crippen LogP contribution in [0.15, 0.2) is 60.7 Å². The zero-order valence-corrected chi connectivity index (χ0v) is 20.1. The van der Waals surface area contributed by atoms with Gasteiger partial charge in [-0.15, -0.1) is 0 Å². The third-order valence-electron chi connectivity index (χ3n) is 6.49. The van der Waals surface area contributed by atoms with E-state index < -0.39 is 0 Å². The Balaban J connectivity index is 1.85. The summed E-state index contributed by atoms with van der Waals surface area (Å²) in [4.78, 5) is 2.42. The lowest BCUT2D eigenvalue weighted by Crippen LogP contribution is -2.19. The van der Waals surface area contributed by atoms with Gasteiger partial charge >= 0.3 is 0 Å². The molecule has 1 aliphatic rings. The second-order valence-corrected chi connectivity index (χ2v) is 10.3. The monoisotopic (exact) mass is 421 g/mol. The van der Waals surface area contributed by atoms with Crippen molar-refractivity contribution in [1.82, 2.24) is 0 Å². The summed E-state index contributed by atoms with van der Waals surface area (Å²) < 4.78 is 6.46. The van der Waals surface area contributed by atoms with Crippen LogP contribution in [-0.4, -0.2) is 0 Å². The van der Waals surface area contributed by atoms with Crippen LogP contribution in [0, 0.1) is 27.7 Å². The highest BCUT2D eigenvalue weighted by Crippen LogP contribution is 2.54. The van der Waals surface area contributed by atoms with E-state index >= 15 is 0 Å². The summed E-state index contributed by atoms with van der Waals surface area (Å²) in [5.41, 5.74) is 9.93. The molecule has 0 atom stereocenters. The van der Waals surface area contributed by atoms with E-state index in [2.05, 4.69) is 114 Å². The maximum Gasteiger partial charge on any atom is 0.152 e. The van der Waals surface area contributed by atoms with Gasteiger partial charge in [0.15, 0.2) is 11.5 Å². The number of hydrogen-bond donors (Lipinski definition) is 0. The third-order valence-corrected chi connectivity index (χ3v) is 6.49. The zero-order valence-electron chi connectivity index (χ0n) is 20.1. The molecule has 0 fully saturated rings. The summed E-state index contributed by atoms with van der Waals surface area (Å²) in [6.45, 7) is 15.5. The van der Waals surface area contributed by atoms with Gasteiger partial charge in [0.05, 0.1) is 17.1 Å². The molecule has 0 radical (unpaired) electrons. The number of aryl methyl sites for hydroxylation is 4. The van der Waals surface area contributed by atoms with Gasteiger partial charge < -0.3 is 9.64 Å². The summed E-state index contributed by atoms with van der Waals surface area (Å²) >= 11 is 0. The predicted octanol–water partition coefficient (Wildman–Crippen LogP) is 8.95. The van der Waals surface area contributed by atoms with Gasteiger partial charge in [-0.1, -0.05) is 68.8 Å². The van der Waals surface area contributed by atoms with Gasteiger partial charge in [0.1, 0.15) is 0 Å². The number of nitrogens with zero attached hydrogens (tertiary/aromatic N) is 1. The number of anilines is 3. The van der Waals surface area contributed by atoms with Crippen molar-refractivity contribution in [2.45, 2.75) is 53.9 Å². The van der Waals surface area contributed by atoms with Crippen molar-refractivity contribution < 1.29 is 4.74 Å². The Kier molecular flexibility index (Phi) is 4.60. The molecule has 0 aliphatic carbocycles. The fourth-order valence-electron chi connectivity index (χ4n) is 4.83. The van der Waals surface area contributed by atoms with Crippen LogP contribution < -0.4 is 9.64 Å². The normalized spacial score (nSPS) is 13.0. The minimum atomic E-state index is 0.107. The van der Waals surface area contributed by atoms with E-state index in [1.807, 2.05) is 0 Å². The number of ether oxygens (including phenoxy) is 1.